The van der Waals surface area contributed by atoms with E-state index in [-0.39, 0.29) is 11.9 Å². The number of hydrogen-bond acceptors (Lipinski definition) is 3. The zero-order chi connectivity index (χ0) is 10.7. The van der Waals surface area contributed by atoms with Crippen molar-refractivity contribution in [1.82, 2.24) is 20.8 Å². The number of aryl methyl sites for hydroxylation is 1. The smallest absolute Gasteiger partial charge is 0.271 e. The lowest BCUT2D eigenvalue weighted by Gasteiger charge is -2.23. The number of amides is 1. The van der Waals surface area contributed by atoms with Crippen LogP contribution in [-0.4, -0.2) is 35.2 Å². The molecule has 0 aromatic carbocycles. The Bertz CT molecular complexity index is 341. The van der Waals surface area contributed by atoms with Gasteiger partial charge in [-0.15, -0.1) is 0 Å². The van der Waals surface area contributed by atoms with Crippen molar-refractivity contribution in [2.75, 3.05) is 13.1 Å². The van der Waals surface area contributed by atoms with E-state index in [1.54, 1.807) is 6.07 Å². The van der Waals surface area contributed by atoms with Gasteiger partial charge in [-0.3, -0.25) is 9.89 Å². The molecule has 0 spiro atoms. The number of piperidine rings is 1. The van der Waals surface area contributed by atoms with E-state index in [9.17, 15) is 4.79 Å². The van der Waals surface area contributed by atoms with Crippen LogP contribution in [0.4, 0.5) is 0 Å². The van der Waals surface area contributed by atoms with Crippen LogP contribution in [0.3, 0.4) is 0 Å². The van der Waals surface area contributed by atoms with Gasteiger partial charge in [0, 0.05) is 11.7 Å². The second kappa shape index (κ2) is 4.44. The van der Waals surface area contributed by atoms with Gasteiger partial charge in [0.1, 0.15) is 5.69 Å². The number of H-pyrrole nitrogens is 1. The van der Waals surface area contributed by atoms with E-state index >= 15 is 0 Å². The van der Waals surface area contributed by atoms with Crippen LogP contribution in [0.5, 0.6) is 0 Å². The molecule has 2 heterocycles. The lowest BCUT2D eigenvalue weighted by atomic mass is 10.1. The quantitative estimate of drug-likeness (QED) is 0.650. The number of nitrogens with one attached hydrogen (secondary N) is 3. The largest absolute Gasteiger partial charge is 0.348 e. The summed E-state index contributed by atoms with van der Waals surface area (Å²) in [5.41, 5.74) is 1.39. The highest BCUT2D eigenvalue weighted by Gasteiger charge is 2.17. The van der Waals surface area contributed by atoms with Crippen LogP contribution in [0.1, 0.15) is 29.0 Å². The average molecular weight is 208 g/mol. The van der Waals surface area contributed by atoms with Gasteiger partial charge >= 0.3 is 0 Å². The number of aromatic amines is 1. The first-order chi connectivity index (χ1) is 7.25. The molecule has 5 heteroatoms. The van der Waals surface area contributed by atoms with Crippen molar-refractivity contribution < 1.29 is 4.79 Å². The summed E-state index contributed by atoms with van der Waals surface area (Å²) in [6.45, 7) is 3.84. The van der Waals surface area contributed by atoms with Crippen LogP contribution in [0.15, 0.2) is 6.07 Å². The van der Waals surface area contributed by atoms with Crippen molar-refractivity contribution in [3.63, 3.8) is 0 Å². The highest BCUT2D eigenvalue weighted by molar-refractivity contribution is 5.92. The molecule has 1 saturated heterocycles. The Morgan fingerprint density at radius 2 is 2.27 bits per heavy atom. The topological polar surface area (TPSA) is 69.8 Å². The second-order valence-electron chi connectivity index (χ2n) is 3.93. The molecule has 1 amide bonds. The van der Waals surface area contributed by atoms with Gasteiger partial charge in [0.05, 0.1) is 0 Å². The third kappa shape index (κ3) is 2.56. The van der Waals surface area contributed by atoms with Gasteiger partial charge < -0.3 is 10.6 Å². The Labute approximate surface area is 88.6 Å². The molecule has 15 heavy (non-hydrogen) atoms. The summed E-state index contributed by atoms with van der Waals surface area (Å²) >= 11 is 0. The maximum atomic E-state index is 11.7. The maximum Gasteiger partial charge on any atom is 0.271 e. The molecular formula is C10H16N4O. The summed E-state index contributed by atoms with van der Waals surface area (Å²) in [6.07, 6.45) is 1.99. The van der Waals surface area contributed by atoms with E-state index in [1.807, 2.05) is 6.92 Å². The molecule has 82 valence electrons. The number of aromatic nitrogens is 2. The average Bonchev–Trinajstić information content (AvgIpc) is 2.66. The van der Waals surface area contributed by atoms with Gasteiger partial charge in [-0.25, -0.2) is 0 Å². The third-order valence-electron chi connectivity index (χ3n) is 2.61. The van der Waals surface area contributed by atoms with Crippen molar-refractivity contribution in [2.45, 2.75) is 25.8 Å². The standard InChI is InChI=1S/C10H16N4O/c1-7-6-9(14-13-7)10(15)12-8-2-4-11-5-3-8/h6,8,11H,2-5H2,1H3,(H,12,15)(H,13,14). The number of hydrogen-bond donors (Lipinski definition) is 3. The van der Waals surface area contributed by atoms with Gasteiger partial charge in [-0.2, -0.15) is 5.10 Å². The molecule has 1 aromatic rings. The molecule has 1 aliphatic rings. The molecule has 0 radical (unpaired) electrons. The predicted octanol–water partition coefficient (Wildman–Crippen LogP) is 0.200. The molecule has 2 rings (SSSR count). The summed E-state index contributed by atoms with van der Waals surface area (Å²) in [6, 6.07) is 2.05. The molecule has 3 N–H and O–H groups in total. The molecule has 5 nitrogen and oxygen atoms in total. The van der Waals surface area contributed by atoms with E-state index < -0.39 is 0 Å². The number of carbonyl (C=O) groups excluding carboxylic acids is 1. The van der Waals surface area contributed by atoms with E-state index in [0.717, 1.165) is 31.6 Å². The fourth-order valence-corrected chi connectivity index (χ4v) is 1.76. The molecule has 0 saturated carbocycles. The van der Waals surface area contributed by atoms with Gasteiger partial charge in [0.15, 0.2) is 0 Å². The zero-order valence-corrected chi connectivity index (χ0v) is 8.84. The van der Waals surface area contributed by atoms with Gasteiger partial charge in [0.2, 0.25) is 0 Å². The molecule has 1 aliphatic heterocycles. The second-order valence-corrected chi connectivity index (χ2v) is 3.93. The fourth-order valence-electron chi connectivity index (χ4n) is 1.76. The Morgan fingerprint density at radius 1 is 1.53 bits per heavy atom. The van der Waals surface area contributed by atoms with E-state index in [1.165, 1.54) is 0 Å². The van der Waals surface area contributed by atoms with Gasteiger partial charge in [0.25, 0.3) is 5.91 Å². The van der Waals surface area contributed by atoms with Crippen LogP contribution in [0.2, 0.25) is 0 Å². The van der Waals surface area contributed by atoms with Crippen LogP contribution in [-0.2, 0) is 0 Å². The monoisotopic (exact) mass is 208 g/mol. The molecule has 1 aromatic heterocycles. The lowest BCUT2D eigenvalue weighted by Crippen LogP contribution is -2.42. The Hall–Kier alpha value is -1.36. The van der Waals surface area contributed by atoms with Crippen molar-refractivity contribution in [2.24, 2.45) is 0 Å². The number of rotatable bonds is 2. The molecule has 0 aliphatic carbocycles. The summed E-state index contributed by atoms with van der Waals surface area (Å²) < 4.78 is 0. The highest BCUT2D eigenvalue weighted by atomic mass is 16.2. The lowest BCUT2D eigenvalue weighted by molar-refractivity contribution is 0.0924. The maximum absolute atomic E-state index is 11.7. The molecule has 0 bridgehead atoms. The summed E-state index contributed by atoms with van der Waals surface area (Å²) in [7, 11) is 0. The third-order valence-corrected chi connectivity index (χ3v) is 2.61. The number of carbonyl (C=O) groups is 1. The minimum atomic E-state index is -0.0775. The predicted molar refractivity (Wildman–Crippen MR) is 56.7 cm³/mol. The molecule has 1 fully saturated rings. The first kappa shape index (κ1) is 10.2. The molecule has 0 atom stereocenters. The highest BCUT2D eigenvalue weighted by Crippen LogP contribution is 2.04. The zero-order valence-electron chi connectivity index (χ0n) is 8.84. The molecule has 0 unspecified atom stereocenters. The van der Waals surface area contributed by atoms with Gasteiger partial charge in [-0.05, 0) is 38.9 Å². The van der Waals surface area contributed by atoms with Crippen LogP contribution in [0, 0.1) is 6.92 Å². The summed E-state index contributed by atoms with van der Waals surface area (Å²) in [5.74, 6) is -0.0775. The minimum absolute atomic E-state index is 0.0775. The van der Waals surface area contributed by atoms with Crippen LogP contribution in [0.25, 0.3) is 0 Å². The number of nitrogens with zero attached hydrogens (tertiary/aromatic N) is 1. The van der Waals surface area contributed by atoms with Crippen molar-refractivity contribution in [3.05, 3.63) is 17.5 Å². The van der Waals surface area contributed by atoms with Crippen LogP contribution < -0.4 is 10.6 Å². The Morgan fingerprint density at radius 3 is 2.87 bits per heavy atom. The first-order valence-corrected chi connectivity index (χ1v) is 5.29. The van der Waals surface area contributed by atoms with E-state index in [4.69, 9.17) is 0 Å². The normalized spacial score (nSPS) is 17.7. The van der Waals surface area contributed by atoms with E-state index in [2.05, 4.69) is 20.8 Å². The van der Waals surface area contributed by atoms with Crippen molar-refractivity contribution in [3.8, 4) is 0 Å². The fraction of sp³-hybridized carbons (Fsp3) is 0.600. The van der Waals surface area contributed by atoms with Crippen molar-refractivity contribution in [1.29, 1.82) is 0 Å². The minimum Gasteiger partial charge on any atom is -0.348 e. The van der Waals surface area contributed by atoms with Crippen molar-refractivity contribution >= 4 is 5.91 Å². The van der Waals surface area contributed by atoms with Gasteiger partial charge in [-0.1, -0.05) is 0 Å². The first-order valence-electron chi connectivity index (χ1n) is 5.29. The Kier molecular flexibility index (Phi) is 3.01. The molecular weight excluding hydrogens is 192 g/mol. The Balaban J connectivity index is 1.91. The van der Waals surface area contributed by atoms with Crippen LogP contribution >= 0.6 is 0 Å². The van der Waals surface area contributed by atoms with E-state index in [0.29, 0.717) is 5.69 Å². The SMILES string of the molecule is Cc1cc(C(=O)NC2CCNCC2)n[nH]1. The summed E-state index contributed by atoms with van der Waals surface area (Å²) in [5, 5.41) is 12.9. The summed E-state index contributed by atoms with van der Waals surface area (Å²) in [4.78, 5) is 11.7.